The first-order valence-electron chi connectivity index (χ1n) is 6.35. The number of benzene rings is 3. The Labute approximate surface area is 112 Å². The predicted octanol–water partition coefficient (Wildman–Crippen LogP) is 4.71. The molecule has 3 aromatic rings. The van der Waals surface area contributed by atoms with Crippen LogP contribution in [-0.2, 0) is 0 Å². The molecule has 0 bridgehead atoms. The van der Waals surface area contributed by atoms with Gasteiger partial charge in [0.1, 0.15) is 0 Å². The molecule has 3 aromatic carbocycles. The molecule has 0 fully saturated rings. The van der Waals surface area contributed by atoms with Gasteiger partial charge in [-0.25, -0.2) is 0 Å². The first kappa shape index (κ1) is 11.7. The SMILES string of the molecule is CC(=O)c1ccc(-c2cccc3ccccc23)cc1. The standard InChI is InChI=1S/C18H14O/c1-13(19)14-9-11-16(12-10-14)18-8-4-6-15-5-2-3-7-17(15)18/h2-12H,1H3. The van der Waals surface area contributed by atoms with E-state index in [1.807, 2.05) is 30.3 Å². The summed E-state index contributed by atoms with van der Waals surface area (Å²) in [6.45, 7) is 1.59. The summed E-state index contributed by atoms with van der Waals surface area (Å²) < 4.78 is 0. The smallest absolute Gasteiger partial charge is 0.159 e. The second-order valence-corrected chi connectivity index (χ2v) is 4.66. The molecule has 0 atom stereocenters. The Morgan fingerprint density at radius 3 is 2.21 bits per heavy atom. The van der Waals surface area contributed by atoms with Gasteiger partial charge in [0.15, 0.2) is 5.78 Å². The predicted molar refractivity (Wildman–Crippen MR) is 79.4 cm³/mol. The largest absolute Gasteiger partial charge is 0.295 e. The molecule has 0 aromatic heterocycles. The van der Waals surface area contributed by atoms with Crippen LogP contribution in [0.3, 0.4) is 0 Å². The second-order valence-electron chi connectivity index (χ2n) is 4.66. The molecule has 0 saturated heterocycles. The average molecular weight is 246 g/mol. The molecule has 0 heterocycles. The van der Waals surface area contributed by atoms with Crippen LogP contribution in [0.15, 0.2) is 66.7 Å². The van der Waals surface area contributed by atoms with Crippen molar-refractivity contribution in [3.8, 4) is 11.1 Å². The van der Waals surface area contributed by atoms with Crippen LogP contribution >= 0.6 is 0 Å². The maximum Gasteiger partial charge on any atom is 0.159 e. The van der Waals surface area contributed by atoms with Crippen molar-refractivity contribution in [2.24, 2.45) is 0 Å². The molecule has 0 N–H and O–H groups in total. The van der Waals surface area contributed by atoms with Crippen LogP contribution in [0.1, 0.15) is 17.3 Å². The number of ketones is 1. The minimum absolute atomic E-state index is 0.101. The zero-order valence-electron chi connectivity index (χ0n) is 10.8. The number of fused-ring (bicyclic) bond motifs is 1. The molecule has 0 saturated carbocycles. The molecule has 0 aliphatic heterocycles. The number of carbonyl (C=O) groups excluding carboxylic acids is 1. The van der Waals surface area contributed by atoms with Gasteiger partial charge in [-0.15, -0.1) is 0 Å². The van der Waals surface area contributed by atoms with Gasteiger partial charge in [-0.3, -0.25) is 4.79 Å². The van der Waals surface area contributed by atoms with E-state index in [4.69, 9.17) is 0 Å². The van der Waals surface area contributed by atoms with Crippen LogP contribution in [0.5, 0.6) is 0 Å². The lowest BCUT2D eigenvalue weighted by atomic mass is 9.97. The molecule has 1 heteroatoms. The van der Waals surface area contributed by atoms with Crippen LogP contribution in [0.4, 0.5) is 0 Å². The van der Waals surface area contributed by atoms with Crippen LogP contribution in [0, 0.1) is 0 Å². The van der Waals surface area contributed by atoms with Gasteiger partial charge in [-0.1, -0.05) is 66.7 Å². The highest BCUT2D eigenvalue weighted by Crippen LogP contribution is 2.28. The van der Waals surface area contributed by atoms with Gasteiger partial charge >= 0.3 is 0 Å². The summed E-state index contributed by atoms with van der Waals surface area (Å²) in [4.78, 5) is 11.3. The average Bonchev–Trinajstić information content (AvgIpc) is 2.47. The molecule has 92 valence electrons. The van der Waals surface area contributed by atoms with Gasteiger partial charge in [-0.2, -0.15) is 0 Å². The Balaban J connectivity index is 2.16. The zero-order valence-corrected chi connectivity index (χ0v) is 10.8. The lowest BCUT2D eigenvalue weighted by molar-refractivity contribution is 0.101. The fraction of sp³-hybridized carbons (Fsp3) is 0.0556. The lowest BCUT2D eigenvalue weighted by Crippen LogP contribution is -1.91. The normalized spacial score (nSPS) is 10.6. The maximum atomic E-state index is 11.3. The van der Waals surface area contributed by atoms with E-state index in [0.29, 0.717) is 0 Å². The van der Waals surface area contributed by atoms with Crippen molar-refractivity contribution in [1.29, 1.82) is 0 Å². The highest BCUT2D eigenvalue weighted by molar-refractivity contribution is 5.98. The van der Waals surface area contributed by atoms with Crippen molar-refractivity contribution in [3.63, 3.8) is 0 Å². The van der Waals surface area contributed by atoms with Gasteiger partial charge in [0.05, 0.1) is 0 Å². The summed E-state index contributed by atoms with van der Waals surface area (Å²) in [5.41, 5.74) is 3.10. The Morgan fingerprint density at radius 2 is 1.47 bits per heavy atom. The number of carbonyl (C=O) groups is 1. The summed E-state index contributed by atoms with van der Waals surface area (Å²) >= 11 is 0. The second kappa shape index (κ2) is 4.69. The molecular formula is C18H14O. The summed E-state index contributed by atoms with van der Waals surface area (Å²) in [6, 6.07) is 22.4. The zero-order chi connectivity index (χ0) is 13.2. The van der Waals surface area contributed by atoms with Gasteiger partial charge in [0.2, 0.25) is 0 Å². The monoisotopic (exact) mass is 246 g/mol. The Morgan fingerprint density at radius 1 is 0.789 bits per heavy atom. The van der Waals surface area contributed by atoms with E-state index in [1.54, 1.807) is 6.92 Å². The first-order valence-corrected chi connectivity index (χ1v) is 6.35. The highest BCUT2D eigenvalue weighted by Gasteiger charge is 2.04. The minimum atomic E-state index is 0.101. The third-order valence-electron chi connectivity index (χ3n) is 3.39. The van der Waals surface area contributed by atoms with E-state index < -0.39 is 0 Å². The maximum absolute atomic E-state index is 11.3. The van der Waals surface area contributed by atoms with Crippen molar-refractivity contribution in [3.05, 3.63) is 72.3 Å². The Hall–Kier alpha value is -2.41. The van der Waals surface area contributed by atoms with Gasteiger partial charge < -0.3 is 0 Å². The van der Waals surface area contributed by atoms with Gasteiger partial charge in [0.25, 0.3) is 0 Å². The number of hydrogen-bond acceptors (Lipinski definition) is 1. The quantitative estimate of drug-likeness (QED) is 0.598. The molecule has 1 nitrogen and oxygen atoms in total. The summed E-state index contributed by atoms with van der Waals surface area (Å²) in [5.74, 6) is 0.101. The van der Waals surface area contributed by atoms with Crippen molar-refractivity contribution in [2.75, 3.05) is 0 Å². The minimum Gasteiger partial charge on any atom is -0.295 e. The molecule has 0 unspecified atom stereocenters. The first-order chi connectivity index (χ1) is 9.25. The van der Waals surface area contributed by atoms with Crippen LogP contribution in [0.25, 0.3) is 21.9 Å². The fourth-order valence-electron chi connectivity index (χ4n) is 2.36. The van der Waals surface area contributed by atoms with Crippen LogP contribution in [0.2, 0.25) is 0 Å². The number of rotatable bonds is 2. The highest BCUT2D eigenvalue weighted by atomic mass is 16.1. The third kappa shape index (κ3) is 2.15. The van der Waals surface area contributed by atoms with Crippen molar-refractivity contribution in [2.45, 2.75) is 6.92 Å². The van der Waals surface area contributed by atoms with E-state index in [-0.39, 0.29) is 5.78 Å². The molecule has 3 rings (SSSR count). The Kier molecular flexibility index (Phi) is 2.88. The lowest BCUT2D eigenvalue weighted by Gasteiger charge is -2.07. The van der Waals surface area contributed by atoms with E-state index in [0.717, 1.165) is 11.1 Å². The van der Waals surface area contributed by atoms with Gasteiger partial charge in [0, 0.05) is 5.56 Å². The molecule has 0 aliphatic rings. The fourth-order valence-corrected chi connectivity index (χ4v) is 2.36. The summed E-state index contributed by atoms with van der Waals surface area (Å²) in [7, 11) is 0. The van der Waals surface area contributed by atoms with Gasteiger partial charge in [-0.05, 0) is 28.8 Å². The molecule has 0 aliphatic carbocycles. The van der Waals surface area contributed by atoms with Crippen molar-refractivity contribution >= 4 is 16.6 Å². The molecular weight excluding hydrogens is 232 g/mol. The number of hydrogen-bond donors (Lipinski definition) is 0. The van der Waals surface area contributed by atoms with Crippen LogP contribution < -0.4 is 0 Å². The third-order valence-corrected chi connectivity index (χ3v) is 3.39. The topological polar surface area (TPSA) is 17.1 Å². The number of Topliss-reactive ketones (excluding diaryl/α,β-unsaturated/α-hetero) is 1. The van der Waals surface area contributed by atoms with E-state index in [2.05, 4.69) is 36.4 Å². The molecule has 0 radical (unpaired) electrons. The summed E-state index contributed by atoms with van der Waals surface area (Å²) in [6.07, 6.45) is 0. The van der Waals surface area contributed by atoms with E-state index in [1.165, 1.54) is 16.3 Å². The molecule has 0 amide bonds. The summed E-state index contributed by atoms with van der Waals surface area (Å²) in [5, 5.41) is 2.47. The molecule has 19 heavy (non-hydrogen) atoms. The Bertz CT molecular complexity index is 734. The van der Waals surface area contributed by atoms with Crippen LogP contribution in [-0.4, -0.2) is 5.78 Å². The van der Waals surface area contributed by atoms with E-state index >= 15 is 0 Å². The van der Waals surface area contributed by atoms with Crippen molar-refractivity contribution < 1.29 is 4.79 Å². The van der Waals surface area contributed by atoms with Crippen molar-refractivity contribution in [1.82, 2.24) is 0 Å². The molecule has 0 spiro atoms. The van der Waals surface area contributed by atoms with E-state index in [9.17, 15) is 4.79 Å².